The molecule has 2 amide bonds. The van der Waals surface area contributed by atoms with Crippen LogP contribution in [-0.2, 0) is 20.9 Å². The van der Waals surface area contributed by atoms with Crippen molar-refractivity contribution < 1.29 is 23.8 Å². The Morgan fingerprint density at radius 3 is 2.42 bits per heavy atom. The molecule has 1 fully saturated rings. The van der Waals surface area contributed by atoms with Crippen LogP contribution in [0, 0.1) is 0 Å². The highest BCUT2D eigenvalue weighted by Gasteiger charge is 2.35. The number of methoxy groups -OCH3 is 2. The number of imide groups is 1. The Balaban J connectivity index is 1.50. The maximum atomic E-state index is 13.3. The lowest BCUT2D eigenvalue weighted by atomic mass is 9.95. The van der Waals surface area contributed by atoms with Crippen molar-refractivity contribution in [1.82, 2.24) is 19.8 Å². The summed E-state index contributed by atoms with van der Waals surface area (Å²) >= 11 is 0. The standard InChI is InChI=1S/C29H30N4O5/c1-36-23-9-8-19-21(17-33(26(19)27(23)37-2)11-5-10-32-12-14-38-15-13-32)25-24(28(34)31-29(25)35)20-16-30-22-7-4-3-6-18(20)22/h3-4,6-9,16-17,30H,5,10-15H2,1-2H3,(H,31,34,35). The molecule has 0 saturated carbocycles. The highest BCUT2D eigenvalue weighted by Crippen LogP contribution is 2.43. The van der Waals surface area contributed by atoms with Crippen LogP contribution < -0.4 is 14.8 Å². The third kappa shape index (κ3) is 4.04. The molecule has 4 heterocycles. The van der Waals surface area contributed by atoms with E-state index in [-0.39, 0.29) is 0 Å². The molecular formula is C29H30N4O5. The lowest BCUT2D eigenvalue weighted by Gasteiger charge is -2.26. The van der Waals surface area contributed by atoms with Crippen LogP contribution in [0.4, 0.5) is 0 Å². The zero-order chi connectivity index (χ0) is 26.2. The van der Waals surface area contributed by atoms with E-state index in [1.54, 1.807) is 20.4 Å². The van der Waals surface area contributed by atoms with E-state index in [1.165, 1.54) is 0 Å². The fourth-order valence-corrected chi connectivity index (χ4v) is 5.62. The summed E-state index contributed by atoms with van der Waals surface area (Å²) < 4.78 is 19.0. The highest BCUT2D eigenvalue weighted by molar-refractivity contribution is 6.50. The summed E-state index contributed by atoms with van der Waals surface area (Å²) in [6.45, 7) is 5.02. The molecule has 9 heteroatoms. The number of benzene rings is 2. The number of amides is 2. The van der Waals surface area contributed by atoms with Gasteiger partial charge < -0.3 is 23.8 Å². The average molecular weight is 515 g/mol. The zero-order valence-electron chi connectivity index (χ0n) is 21.5. The van der Waals surface area contributed by atoms with Gasteiger partial charge in [-0.2, -0.15) is 0 Å². The van der Waals surface area contributed by atoms with E-state index in [0.29, 0.717) is 40.3 Å². The van der Waals surface area contributed by atoms with Gasteiger partial charge in [0.1, 0.15) is 0 Å². The normalized spacial score (nSPS) is 16.6. The smallest absolute Gasteiger partial charge is 0.259 e. The number of carbonyl (C=O) groups is 2. The SMILES string of the molecule is COc1ccc2c(C3=C(c4c[nH]c5ccccc45)C(=O)NC3=O)cn(CCCN3CCOCC3)c2c1OC. The number of ether oxygens (including phenoxy) is 3. The second-order valence-corrected chi connectivity index (χ2v) is 9.52. The number of para-hydroxylation sites is 1. The van der Waals surface area contributed by atoms with E-state index in [9.17, 15) is 9.59 Å². The van der Waals surface area contributed by atoms with Crippen LogP contribution in [-0.4, -0.2) is 73.3 Å². The first-order valence-corrected chi connectivity index (χ1v) is 12.8. The third-order valence-corrected chi connectivity index (χ3v) is 7.42. The van der Waals surface area contributed by atoms with Crippen molar-refractivity contribution in [3.63, 3.8) is 0 Å². The average Bonchev–Trinajstić information content (AvgIpc) is 3.61. The number of hydrogen-bond donors (Lipinski definition) is 2. The van der Waals surface area contributed by atoms with Crippen LogP contribution in [0.1, 0.15) is 17.5 Å². The molecule has 1 saturated heterocycles. The molecule has 0 aliphatic carbocycles. The van der Waals surface area contributed by atoms with Crippen LogP contribution in [0.3, 0.4) is 0 Å². The molecule has 4 aromatic rings. The summed E-state index contributed by atoms with van der Waals surface area (Å²) in [5, 5.41) is 4.24. The second kappa shape index (κ2) is 10.00. The van der Waals surface area contributed by atoms with Gasteiger partial charge in [0.25, 0.3) is 11.8 Å². The van der Waals surface area contributed by atoms with Crippen molar-refractivity contribution in [3.05, 3.63) is 59.9 Å². The maximum Gasteiger partial charge on any atom is 0.259 e. The summed E-state index contributed by atoms with van der Waals surface area (Å²) in [6.07, 6.45) is 4.67. The third-order valence-electron chi connectivity index (χ3n) is 7.42. The molecule has 2 aliphatic heterocycles. The maximum absolute atomic E-state index is 13.3. The minimum absolute atomic E-state index is 0.365. The highest BCUT2D eigenvalue weighted by atomic mass is 16.5. The molecule has 0 bridgehead atoms. The minimum atomic E-state index is -0.405. The molecule has 0 atom stereocenters. The van der Waals surface area contributed by atoms with Crippen LogP contribution >= 0.6 is 0 Å². The van der Waals surface area contributed by atoms with Gasteiger partial charge in [-0.1, -0.05) is 18.2 Å². The van der Waals surface area contributed by atoms with Crippen LogP contribution in [0.15, 0.2) is 48.8 Å². The fourth-order valence-electron chi connectivity index (χ4n) is 5.62. The monoisotopic (exact) mass is 514 g/mol. The van der Waals surface area contributed by atoms with Gasteiger partial charge in [-0.05, 0) is 24.6 Å². The fraction of sp³-hybridized carbons (Fsp3) is 0.310. The molecule has 2 N–H and O–H groups in total. The Morgan fingerprint density at radius 2 is 1.66 bits per heavy atom. The van der Waals surface area contributed by atoms with Crippen molar-refractivity contribution in [3.8, 4) is 11.5 Å². The summed E-state index contributed by atoms with van der Waals surface area (Å²) in [5.74, 6) is 0.402. The Bertz CT molecular complexity index is 1570. The molecule has 38 heavy (non-hydrogen) atoms. The van der Waals surface area contributed by atoms with Crippen molar-refractivity contribution in [2.45, 2.75) is 13.0 Å². The summed E-state index contributed by atoms with van der Waals surface area (Å²) in [7, 11) is 3.22. The molecule has 196 valence electrons. The number of nitrogens with zero attached hydrogens (tertiary/aromatic N) is 2. The van der Waals surface area contributed by atoms with Crippen molar-refractivity contribution in [2.24, 2.45) is 0 Å². The van der Waals surface area contributed by atoms with Crippen LogP contribution in [0.5, 0.6) is 11.5 Å². The Morgan fingerprint density at radius 1 is 0.895 bits per heavy atom. The van der Waals surface area contributed by atoms with Gasteiger partial charge in [0.05, 0.1) is 44.1 Å². The molecular weight excluding hydrogens is 484 g/mol. The number of carbonyl (C=O) groups excluding carboxylic acids is 2. The van der Waals surface area contributed by atoms with Gasteiger partial charge in [-0.15, -0.1) is 0 Å². The molecule has 0 spiro atoms. The van der Waals surface area contributed by atoms with Gasteiger partial charge >= 0.3 is 0 Å². The van der Waals surface area contributed by atoms with E-state index in [0.717, 1.165) is 61.1 Å². The molecule has 2 aromatic heterocycles. The van der Waals surface area contributed by atoms with Gasteiger partial charge in [-0.3, -0.25) is 19.8 Å². The minimum Gasteiger partial charge on any atom is -0.493 e. The summed E-state index contributed by atoms with van der Waals surface area (Å²) in [5.41, 5.74) is 3.86. The number of fused-ring (bicyclic) bond motifs is 2. The molecule has 2 aliphatic rings. The van der Waals surface area contributed by atoms with Crippen molar-refractivity contribution in [1.29, 1.82) is 0 Å². The number of aromatic nitrogens is 2. The predicted molar refractivity (Wildman–Crippen MR) is 145 cm³/mol. The van der Waals surface area contributed by atoms with E-state index >= 15 is 0 Å². The summed E-state index contributed by atoms with van der Waals surface area (Å²) in [4.78, 5) is 32.1. The lowest BCUT2D eigenvalue weighted by molar-refractivity contribution is -0.122. The molecule has 9 nitrogen and oxygen atoms in total. The number of H-pyrrole nitrogens is 1. The second-order valence-electron chi connectivity index (χ2n) is 9.52. The van der Waals surface area contributed by atoms with E-state index in [4.69, 9.17) is 14.2 Å². The van der Waals surface area contributed by atoms with E-state index in [1.807, 2.05) is 42.6 Å². The number of rotatable bonds is 8. The van der Waals surface area contributed by atoms with Gasteiger partial charge in [0, 0.05) is 66.0 Å². The number of aryl methyl sites for hydroxylation is 1. The molecule has 6 rings (SSSR count). The zero-order valence-corrected chi connectivity index (χ0v) is 21.5. The number of nitrogens with one attached hydrogen (secondary N) is 2. The molecule has 0 radical (unpaired) electrons. The van der Waals surface area contributed by atoms with E-state index < -0.39 is 11.8 Å². The quantitative estimate of drug-likeness (QED) is 0.350. The predicted octanol–water partition coefficient (Wildman–Crippen LogP) is 3.43. The van der Waals surface area contributed by atoms with Gasteiger partial charge in [0.15, 0.2) is 11.5 Å². The number of hydrogen-bond acceptors (Lipinski definition) is 6. The molecule has 2 aromatic carbocycles. The van der Waals surface area contributed by atoms with E-state index in [2.05, 4.69) is 19.8 Å². The van der Waals surface area contributed by atoms with Gasteiger partial charge in [0.2, 0.25) is 0 Å². The first-order valence-electron chi connectivity index (χ1n) is 12.8. The van der Waals surface area contributed by atoms with Crippen molar-refractivity contribution >= 4 is 44.8 Å². The topological polar surface area (TPSA) is 97.8 Å². The number of aromatic amines is 1. The lowest BCUT2D eigenvalue weighted by Crippen LogP contribution is -2.37. The van der Waals surface area contributed by atoms with Gasteiger partial charge in [-0.25, -0.2) is 0 Å². The first kappa shape index (κ1) is 24.3. The Kier molecular flexibility index (Phi) is 6.39. The molecule has 0 unspecified atom stereocenters. The Labute approximate surface area is 219 Å². The Hall–Kier alpha value is -4.08. The van der Waals surface area contributed by atoms with Crippen LogP contribution in [0.2, 0.25) is 0 Å². The van der Waals surface area contributed by atoms with Crippen molar-refractivity contribution in [2.75, 3.05) is 47.1 Å². The largest absolute Gasteiger partial charge is 0.493 e. The van der Waals surface area contributed by atoms with Crippen LogP contribution in [0.25, 0.3) is 33.0 Å². The first-order chi connectivity index (χ1) is 18.6. The number of morpholine rings is 1. The summed E-state index contributed by atoms with van der Waals surface area (Å²) in [6, 6.07) is 11.5.